The zero-order valence-corrected chi connectivity index (χ0v) is 16.9. The minimum absolute atomic E-state index is 0.453. The zero-order chi connectivity index (χ0) is 21.4. The molecule has 5 heterocycles. The lowest BCUT2D eigenvalue weighted by Crippen LogP contribution is -2.46. The maximum atomic E-state index is 10.9. The molecule has 1 aliphatic rings. The number of aryl methyl sites for hydroxylation is 1. The summed E-state index contributed by atoms with van der Waals surface area (Å²) in [7, 11) is 1.85. The highest BCUT2D eigenvalue weighted by molar-refractivity contribution is 5.83. The van der Waals surface area contributed by atoms with Gasteiger partial charge < -0.3 is 9.80 Å². The molecule has 0 N–H and O–H groups in total. The Morgan fingerprint density at radius 1 is 1.03 bits per heavy atom. The van der Waals surface area contributed by atoms with E-state index >= 15 is 0 Å². The van der Waals surface area contributed by atoms with Gasteiger partial charge in [0, 0.05) is 56.7 Å². The zero-order valence-electron chi connectivity index (χ0n) is 16.9. The van der Waals surface area contributed by atoms with E-state index in [9.17, 15) is 10.1 Å². The van der Waals surface area contributed by atoms with E-state index in [0.717, 1.165) is 36.4 Å². The quantitative estimate of drug-likeness (QED) is 0.465. The predicted octanol–water partition coefficient (Wildman–Crippen LogP) is 1.34. The van der Waals surface area contributed by atoms with Gasteiger partial charge in [0.25, 0.3) is 0 Å². The smallest absolute Gasteiger partial charge is 0.209 e. The van der Waals surface area contributed by atoms with Crippen LogP contribution < -0.4 is 4.90 Å². The van der Waals surface area contributed by atoms with Crippen LogP contribution in [0.2, 0.25) is 0 Å². The van der Waals surface area contributed by atoms with Crippen LogP contribution in [-0.4, -0.2) is 66.9 Å². The average molecular weight is 413 g/mol. The fourth-order valence-electron chi connectivity index (χ4n) is 3.76. The van der Waals surface area contributed by atoms with Crippen LogP contribution in [0.4, 0.5) is 5.82 Å². The van der Waals surface area contributed by atoms with Gasteiger partial charge in [-0.1, -0.05) is 0 Å². The number of nitrogens with zero attached hydrogens (tertiary/aromatic N) is 9. The Morgan fingerprint density at radius 3 is 2.52 bits per heavy atom. The van der Waals surface area contributed by atoms with Crippen LogP contribution in [0, 0.1) is 11.3 Å². The van der Waals surface area contributed by atoms with Crippen molar-refractivity contribution < 1.29 is 4.79 Å². The summed E-state index contributed by atoms with van der Waals surface area (Å²) in [6.07, 6.45) is 9.62. The monoisotopic (exact) mass is 413 g/mol. The number of pyridine rings is 1. The first-order chi connectivity index (χ1) is 15.2. The van der Waals surface area contributed by atoms with E-state index in [1.165, 1.54) is 0 Å². The minimum atomic E-state index is 0.453. The molecule has 0 saturated carbocycles. The summed E-state index contributed by atoms with van der Waals surface area (Å²) >= 11 is 0. The van der Waals surface area contributed by atoms with E-state index in [1.807, 2.05) is 25.4 Å². The standard InChI is InChI=1S/C21H19N9O/c1-27-12-17(11-24-27)18-13-30-21(16(8-22)10-25-30)20(26-18)15-2-3-19(23-9-15)29-6-4-28(14-31)5-7-29/h2-3,9-14H,4-7H2,1H3. The molecule has 1 fully saturated rings. The summed E-state index contributed by atoms with van der Waals surface area (Å²) in [4.78, 5) is 24.3. The summed E-state index contributed by atoms with van der Waals surface area (Å²) in [5, 5.41) is 18.1. The first-order valence-corrected chi connectivity index (χ1v) is 9.84. The van der Waals surface area contributed by atoms with Gasteiger partial charge in [0.05, 0.1) is 30.0 Å². The molecule has 0 aromatic carbocycles. The van der Waals surface area contributed by atoms with Gasteiger partial charge in [-0.2, -0.15) is 15.5 Å². The molecule has 0 spiro atoms. The maximum Gasteiger partial charge on any atom is 0.209 e. The van der Waals surface area contributed by atoms with Crippen molar-refractivity contribution in [3.8, 4) is 28.6 Å². The number of amides is 1. The number of rotatable bonds is 4. The lowest BCUT2D eigenvalue weighted by atomic mass is 10.1. The highest BCUT2D eigenvalue weighted by Gasteiger charge is 2.19. The largest absolute Gasteiger partial charge is 0.353 e. The van der Waals surface area contributed by atoms with E-state index in [0.29, 0.717) is 35.6 Å². The number of aromatic nitrogens is 6. The van der Waals surface area contributed by atoms with Crippen molar-refractivity contribution >= 4 is 17.7 Å². The van der Waals surface area contributed by atoms with Crippen molar-refractivity contribution in [2.75, 3.05) is 31.1 Å². The van der Waals surface area contributed by atoms with Crippen molar-refractivity contribution in [3.05, 3.63) is 48.7 Å². The van der Waals surface area contributed by atoms with E-state index in [4.69, 9.17) is 4.98 Å². The molecule has 0 unspecified atom stereocenters. The molecule has 1 saturated heterocycles. The summed E-state index contributed by atoms with van der Waals surface area (Å²) < 4.78 is 3.39. The van der Waals surface area contributed by atoms with Crippen molar-refractivity contribution in [2.45, 2.75) is 0 Å². The van der Waals surface area contributed by atoms with Crippen molar-refractivity contribution in [2.24, 2.45) is 7.05 Å². The summed E-state index contributed by atoms with van der Waals surface area (Å²) in [5.41, 5.74) is 4.09. The molecule has 1 amide bonds. The molecule has 5 rings (SSSR count). The molecule has 1 aliphatic heterocycles. The molecule has 31 heavy (non-hydrogen) atoms. The molecule has 4 aromatic heterocycles. The second kappa shape index (κ2) is 7.53. The van der Waals surface area contributed by atoms with Crippen molar-refractivity contribution in [1.82, 2.24) is 34.3 Å². The Hall–Kier alpha value is -4.26. The molecule has 4 aromatic rings. The number of hydrogen-bond acceptors (Lipinski definition) is 7. The number of carbonyl (C=O) groups is 1. The number of fused-ring (bicyclic) bond motifs is 1. The van der Waals surface area contributed by atoms with Crippen LogP contribution in [0.1, 0.15) is 5.56 Å². The van der Waals surface area contributed by atoms with Gasteiger partial charge in [-0.3, -0.25) is 9.48 Å². The van der Waals surface area contributed by atoms with Crippen molar-refractivity contribution in [1.29, 1.82) is 5.26 Å². The number of piperazine rings is 1. The van der Waals surface area contributed by atoms with E-state index in [1.54, 1.807) is 38.9 Å². The normalized spacial score (nSPS) is 14.1. The van der Waals surface area contributed by atoms with Crippen LogP contribution >= 0.6 is 0 Å². The molecule has 0 bridgehead atoms. The third-order valence-electron chi connectivity index (χ3n) is 5.43. The topological polar surface area (TPSA) is 108 Å². The highest BCUT2D eigenvalue weighted by atomic mass is 16.1. The Bertz CT molecular complexity index is 1290. The third kappa shape index (κ3) is 3.36. The van der Waals surface area contributed by atoms with Crippen LogP contribution in [0.25, 0.3) is 28.0 Å². The average Bonchev–Trinajstić information content (AvgIpc) is 3.44. The van der Waals surface area contributed by atoms with Crippen LogP contribution in [0.3, 0.4) is 0 Å². The van der Waals surface area contributed by atoms with E-state index in [2.05, 4.69) is 26.2 Å². The van der Waals surface area contributed by atoms with Gasteiger partial charge in [0.15, 0.2) is 0 Å². The lowest BCUT2D eigenvalue weighted by molar-refractivity contribution is -0.118. The second-order valence-corrected chi connectivity index (χ2v) is 7.37. The molecule has 0 atom stereocenters. The van der Waals surface area contributed by atoms with Crippen LogP contribution in [0.5, 0.6) is 0 Å². The molecule has 10 heteroatoms. The maximum absolute atomic E-state index is 10.9. The third-order valence-corrected chi connectivity index (χ3v) is 5.43. The predicted molar refractivity (Wildman–Crippen MR) is 113 cm³/mol. The van der Waals surface area contributed by atoms with Gasteiger partial charge in [0.2, 0.25) is 6.41 Å². The van der Waals surface area contributed by atoms with Crippen LogP contribution in [-0.2, 0) is 11.8 Å². The van der Waals surface area contributed by atoms with Crippen molar-refractivity contribution in [3.63, 3.8) is 0 Å². The summed E-state index contributed by atoms with van der Waals surface area (Å²) in [6.45, 7) is 2.85. The van der Waals surface area contributed by atoms with E-state index < -0.39 is 0 Å². The minimum Gasteiger partial charge on any atom is -0.353 e. The lowest BCUT2D eigenvalue weighted by Gasteiger charge is -2.33. The fourth-order valence-corrected chi connectivity index (χ4v) is 3.76. The van der Waals surface area contributed by atoms with Gasteiger partial charge in [-0.15, -0.1) is 0 Å². The molecule has 0 radical (unpaired) electrons. The summed E-state index contributed by atoms with van der Waals surface area (Å²) in [5.74, 6) is 0.850. The first kappa shape index (κ1) is 18.7. The second-order valence-electron chi connectivity index (χ2n) is 7.37. The Balaban J connectivity index is 1.55. The summed E-state index contributed by atoms with van der Waals surface area (Å²) in [6, 6.07) is 6.10. The number of nitriles is 1. The molecule has 0 aliphatic carbocycles. The van der Waals surface area contributed by atoms with Gasteiger partial charge >= 0.3 is 0 Å². The first-order valence-electron chi connectivity index (χ1n) is 9.84. The van der Waals surface area contributed by atoms with Gasteiger partial charge in [-0.05, 0) is 12.1 Å². The molecule has 10 nitrogen and oxygen atoms in total. The molecular weight excluding hydrogens is 394 g/mol. The highest BCUT2D eigenvalue weighted by Crippen LogP contribution is 2.29. The van der Waals surface area contributed by atoms with Gasteiger partial charge in [-0.25, -0.2) is 14.5 Å². The molecule has 154 valence electrons. The fraction of sp³-hybridized carbons (Fsp3) is 0.238. The number of hydrogen-bond donors (Lipinski definition) is 0. The van der Waals surface area contributed by atoms with Crippen LogP contribution in [0.15, 0.2) is 43.1 Å². The SMILES string of the molecule is Cn1cc(-c2cn3ncc(C#N)c3c(-c3ccc(N4CCN(C=O)CC4)nc3)n2)cn1. The van der Waals surface area contributed by atoms with Gasteiger partial charge in [0.1, 0.15) is 23.0 Å². The number of carbonyl (C=O) groups excluding carboxylic acids is 1. The number of anilines is 1. The Morgan fingerprint density at radius 2 is 1.87 bits per heavy atom. The Labute approximate surface area is 178 Å². The Kier molecular flexibility index (Phi) is 4.55. The van der Waals surface area contributed by atoms with E-state index in [-0.39, 0.29) is 0 Å². The molecular formula is C21H19N9O.